The summed E-state index contributed by atoms with van der Waals surface area (Å²) in [6.45, 7) is 4.16. The van der Waals surface area contributed by atoms with Crippen LogP contribution in [-0.2, 0) is 6.54 Å². The van der Waals surface area contributed by atoms with Gasteiger partial charge in [0.25, 0.3) is 5.91 Å². The minimum absolute atomic E-state index is 0. The van der Waals surface area contributed by atoms with E-state index in [4.69, 9.17) is 10.2 Å². The van der Waals surface area contributed by atoms with E-state index in [0.717, 1.165) is 25.3 Å². The molecule has 0 aliphatic carbocycles. The van der Waals surface area contributed by atoms with Crippen LogP contribution in [0.3, 0.4) is 0 Å². The molecule has 102 valence electrons. The zero-order valence-corrected chi connectivity index (χ0v) is 12.1. The Hall–Kier alpha value is -0.650. The van der Waals surface area contributed by atoms with Gasteiger partial charge in [-0.05, 0) is 12.5 Å². The van der Waals surface area contributed by atoms with E-state index in [0.29, 0.717) is 23.1 Å². The van der Waals surface area contributed by atoms with E-state index in [1.807, 2.05) is 16.7 Å². The maximum atomic E-state index is 12.2. The Labute approximate surface area is 118 Å². The summed E-state index contributed by atoms with van der Waals surface area (Å²) in [6, 6.07) is 1.74. The normalized spacial score (nSPS) is 19.4. The molecule has 2 heterocycles. The Morgan fingerprint density at radius 1 is 1.67 bits per heavy atom. The highest BCUT2D eigenvalue weighted by atomic mass is 35.5. The molecule has 18 heavy (non-hydrogen) atoms. The van der Waals surface area contributed by atoms with Gasteiger partial charge in [0.15, 0.2) is 0 Å². The van der Waals surface area contributed by atoms with Gasteiger partial charge in [-0.1, -0.05) is 6.92 Å². The van der Waals surface area contributed by atoms with Gasteiger partial charge in [-0.25, -0.2) is 0 Å². The topological polar surface area (TPSA) is 59.5 Å². The van der Waals surface area contributed by atoms with Crippen molar-refractivity contribution in [3.63, 3.8) is 0 Å². The van der Waals surface area contributed by atoms with E-state index in [1.165, 1.54) is 6.26 Å². The molecule has 1 fully saturated rings. The molecule has 0 saturated carbocycles. The maximum Gasteiger partial charge on any atom is 0.257 e. The highest BCUT2D eigenvalue weighted by molar-refractivity contribution is 8.00. The van der Waals surface area contributed by atoms with Crippen LogP contribution in [0.1, 0.15) is 29.5 Å². The number of thioether (sulfide) groups is 1. The average molecular weight is 291 g/mol. The lowest BCUT2D eigenvalue weighted by Crippen LogP contribution is -2.41. The van der Waals surface area contributed by atoms with Crippen molar-refractivity contribution < 1.29 is 9.21 Å². The van der Waals surface area contributed by atoms with Crippen molar-refractivity contribution in [3.05, 3.63) is 23.7 Å². The highest BCUT2D eigenvalue weighted by Crippen LogP contribution is 2.22. The van der Waals surface area contributed by atoms with E-state index >= 15 is 0 Å². The van der Waals surface area contributed by atoms with E-state index in [2.05, 4.69) is 6.92 Å². The lowest BCUT2D eigenvalue weighted by Gasteiger charge is -2.31. The first kappa shape index (κ1) is 15.4. The average Bonchev–Trinajstić information content (AvgIpc) is 2.86. The van der Waals surface area contributed by atoms with Gasteiger partial charge in [0.1, 0.15) is 12.0 Å². The number of carbonyl (C=O) groups is 1. The molecule has 1 aliphatic rings. The number of furan rings is 1. The molecule has 1 aromatic rings. The maximum absolute atomic E-state index is 12.2. The van der Waals surface area contributed by atoms with Crippen LogP contribution in [0.15, 0.2) is 16.7 Å². The fourth-order valence-electron chi connectivity index (χ4n) is 1.93. The number of nitrogens with zero attached hydrogens (tertiary/aromatic N) is 1. The lowest BCUT2D eigenvalue weighted by molar-refractivity contribution is 0.0760. The molecule has 2 N–H and O–H groups in total. The summed E-state index contributed by atoms with van der Waals surface area (Å²) in [5.74, 6) is 1.74. The summed E-state index contributed by atoms with van der Waals surface area (Å²) in [7, 11) is 0. The molecule has 2 rings (SSSR count). The molecule has 0 spiro atoms. The van der Waals surface area contributed by atoms with Crippen LogP contribution in [0.4, 0.5) is 0 Å². The van der Waals surface area contributed by atoms with Crippen molar-refractivity contribution in [2.45, 2.75) is 25.1 Å². The zero-order valence-electron chi connectivity index (χ0n) is 10.4. The van der Waals surface area contributed by atoms with Gasteiger partial charge >= 0.3 is 0 Å². The Kier molecular flexibility index (Phi) is 6.05. The third-order valence-corrected chi connectivity index (χ3v) is 4.36. The number of carbonyl (C=O) groups excluding carboxylic acids is 1. The standard InChI is InChI=1S/C12H18N2O2S.ClH/c1-2-11-7-14(3-4-17-11)12(15)9-5-10(6-13)16-8-9;/h5,8,11H,2-4,6-7,13H2,1H3;1H. The van der Waals surface area contributed by atoms with Crippen molar-refractivity contribution in [1.29, 1.82) is 0 Å². The monoisotopic (exact) mass is 290 g/mol. The summed E-state index contributed by atoms with van der Waals surface area (Å²) >= 11 is 1.95. The van der Waals surface area contributed by atoms with Crippen LogP contribution >= 0.6 is 24.2 Å². The van der Waals surface area contributed by atoms with Gasteiger partial charge in [0.2, 0.25) is 0 Å². The lowest BCUT2D eigenvalue weighted by atomic mass is 10.2. The number of nitrogens with two attached hydrogens (primary N) is 1. The fourth-order valence-corrected chi connectivity index (χ4v) is 3.11. The number of rotatable bonds is 3. The second-order valence-electron chi connectivity index (χ2n) is 4.16. The SMILES string of the molecule is CCC1CN(C(=O)c2coc(CN)c2)CCS1.Cl. The molecular formula is C12H19ClN2O2S. The number of hydrogen-bond donors (Lipinski definition) is 1. The van der Waals surface area contributed by atoms with Crippen LogP contribution < -0.4 is 5.73 Å². The minimum atomic E-state index is 0. The summed E-state index contributed by atoms with van der Waals surface area (Å²) in [5, 5.41) is 0.563. The highest BCUT2D eigenvalue weighted by Gasteiger charge is 2.24. The first-order valence-corrected chi connectivity index (χ1v) is 6.97. The van der Waals surface area contributed by atoms with Crippen molar-refractivity contribution in [1.82, 2.24) is 4.90 Å². The van der Waals surface area contributed by atoms with Gasteiger partial charge < -0.3 is 15.1 Å². The Bertz CT molecular complexity index is 397. The number of hydrogen-bond acceptors (Lipinski definition) is 4. The van der Waals surface area contributed by atoms with Gasteiger partial charge in [0, 0.05) is 24.1 Å². The Morgan fingerprint density at radius 3 is 3.06 bits per heavy atom. The van der Waals surface area contributed by atoms with Crippen molar-refractivity contribution in [2.24, 2.45) is 5.73 Å². The molecule has 0 radical (unpaired) electrons. The molecule has 1 unspecified atom stereocenters. The van der Waals surface area contributed by atoms with Crippen molar-refractivity contribution in [3.8, 4) is 0 Å². The summed E-state index contributed by atoms with van der Waals surface area (Å²) in [5.41, 5.74) is 6.08. The first-order valence-electron chi connectivity index (χ1n) is 5.93. The molecule has 1 saturated heterocycles. The zero-order chi connectivity index (χ0) is 12.3. The van der Waals surface area contributed by atoms with Crippen molar-refractivity contribution in [2.75, 3.05) is 18.8 Å². The quantitative estimate of drug-likeness (QED) is 0.926. The molecular weight excluding hydrogens is 272 g/mol. The van der Waals surface area contributed by atoms with Crippen LogP contribution in [0.2, 0.25) is 0 Å². The fraction of sp³-hybridized carbons (Fsp3) is 0.583. The molecule has 0 aromatic carbocycles. The van der Waals surface area contributed by atoms with Crippen LogP contribution in [-0.4, -0.2) is 34.9 Å². The van der Waals surface area contributed by atoms with E-state index < -0.39 is 0 Å². The molecule has 0 bridgehead atoms. The summed E-state index contributed by atoms with van der Waals surface area (Å²) < 4.78 is 5.20. The number of halogens is 1. The smallest absolute Gasteiger partial charge is 0.257 e. The van der Waals surface area contributed by atoms with Gasteiger partial charge in [-0.3, -0.25) is 4.79 Å². The van der Waals surface area contributed by atoms with Crippen molar-refractivity contribution >= 4 is 30.1 Å². The first-order chi connectivity index (χ1) is 8.24. The van der Waals surface area contributed by atoms with E-state index in [1.54, 1.807) is 6.07 Å². The van der Waals surface area contributed by atoms with Crippen LogP contribution in [0, 0.1) is 0 Å². The van der Waals surface area contributed by atoms with Gasteiger partial charge in [-0.15, -0.1) is 12.4 Å². The second-order valence-corrected chi connectivity index (χ2v) is 5.57. The molecule has 1 atom stereocenters. The Morgan fingerprint density at radius 2 is 2.44 bits per heavy atom. The van der Waals surface area contributed by atoms with Gasteiger partial charge in [-0.2, -0.15) is 11.8 Å². The predicted octanol–water partition coefficient (Wildman–Crippen LogP) is 2.13. The molecule has 1 aromatic heterocycles. The third-order valence-electron chi connectivity index (χ3n) is 2.98. The van der Waals surface area contributed by atoms with Crippen LogP contribution in [0.5, 0.6) is 0 Å². The molecule has 4 nitrogen and oxygen atoms in total. The van der Waals surface area contributed by atoms with Crippen LogP contribution in [0.25, 0.3) is 0 Å². The third kappa shape index (κ3) is 3.43. The molecule has 1 amide bonds. The van der Waals surface area contributed by atoms with E-state index in [9.17, 15) is 4.79 Å². The summed E-state index contributed by atoms with van der Waals surface area (Å²) in [4.78, 5) is 14.1. The molecule has 1 aliphatic heterocycles. The number of amides is 1. The second kappa shape index (κ2) is 7.07. The largest absolute Gasteiger partial charge is 0.467 e. The van der Waals surface area contributed by atoms with E-state index in [-0.39, 0.29) is 18.3 Å². The predicted molar refractivity (Wildman–Crippen MR) is 76.3 cm³/mol. The van der Waals surface area contributed by atoms with Gasteiger partial charge in [0.05, 0.1) is 12.1 Å². The molecule has 6 heteroatoms. The summed E-state index contributed by atoms with van der Waals surface area (Å²) in [6.07, 6.45) is 2.61. The Balaban J connectivity index is 0.00000162. The minimum Gasteiger partial charge on any atom is -0.467 e.